The fourth-order valence-electron chi connectivity index (χ4n) is 2.71. The number of carboxylic acid groups (broad SMARTS) is 1. The van der Waals surface area contributed by atoms with Crippen LogP contribution < -0.4 is 0 Å². The molecular formula is C15H19NO5S. The number of amides is 1. The Balaban J connectivity index is 2.28. The van der Waals surface area contributed by atoms with Gasteiger partial charge >= 0.3 is 5.97 Å². The van der Waals surface area contributed by atoms with E-state index in [1.165, 1.54) is 4.90 Å². The van der Waals surface area contributed by atoms with Crippen molar-refractivity contribution in [1.82, 2.24) is 4.90 Å². The van der Waals surface area contributed by atoms with Gasteiger partial charge in [0.15, 0.2) is 9.84 Å². The van der Waals surface area contributed by atoms with Crippen molar-refractivity contribution in [2.24, 2.45) is 0 Å². The van der Waals surface area contributed by atoms with Crippen molar-refractivity contribution in [3.8, 4) is 0 Å². The molecule has 0 bridgehead atoms. The van der Waals surface area contributed by atoms with Crippen LogP contribution in [0.25, 0.3) is 0 Å². The zero-order chi connectivity index (χ0) is 16.3. The molecule has 1 heterocycles. The summed E-state index contributed by atoms with van der Waals surface area (Å²) in [5.41, 5.74) is 0.813. The molecular weight excluding hydrogens is 306 g/mol. The lowest BCUT2D eigenvalue weighted by Gasteiger charge is -2.35. The molecule has 0 spiro atoms. The van der Waals surface area contributed by atoms with Crippen LogP contribution >= 0.6 is 0 Å². The maximum atomic E-state index is 12.7. The number of benzene rings is 1. The predicted octanol–water partition coefficient (Wildman–Crippen LogP) is 0.890. The van der Waals surface area contributed by atoms with E-state index in [1.807, 2.05) is 37.3 Å². The van der Waals surface area contributed by atoms with Crippen LogP contribution in [0.5, 0.6) is 0 Å². The van der Waals surface area contributed by atoms with Gasteiger partial charge in [0.1, 0.15) is 6.04 Å². The van der Waals surface area contributed by atoms with Gasteiger partial charge in [-0.2, -0.15) is 0 Å². The molecule has 0 saturated carbocycles. The monoisotopic (exact) mass is 325 g/mol. The first-order valence-corrected chi connectivity index (χ1v) is 8.96. The third kappa shape index (κ3) is 3.47. The normalized spacial score (nSPS) is 22.0. The molecule has 1 amide bonds. The summed E-state index contributed by atoms with van der Waals surface area (Å²) in [6.45, 7) is 1.79. The van der Waals surface area contributed by atoms with E-state index in [0.29, 0.717) is 6.42 Å². The molecule has 22 heavy (non-hydrogen) atoms. The Morgan fingerprint density at radius 1 is 1.32 bits per heavy atom. The number of carboxylic acids is 1. The Hall–Kier alpha value is -1.89. The molecule has 6 nitrogen and oxygen atoms in total. The van der Waals surface area contributed by atoms with Crippen LogP contribution in [0.2, 0.25) is 0 Å². The van der Waals surface area contributed by atoms with Crippen molar-refractivity contribution in [3.63, 3.8) is 0 Å². The molecule has 2 atom stereocenters. The highest BCUT2D eigenvalue weighted by molar-refractivity contribution is 7.91. The maximum Gasteiger partial charge on any atom is 0.327 e. The number of sulfone groups is 1. The van der Waals surface area contributed by atoms with E-state index in [-0.39, 0.29) is 18.2 Å². The van der Waals surface area contributed by atoms with Gasteiger partial charge in [-0.3, -0.25) is 4.79 Å². The van der Waals surface area contributed by atoms with Crippen LogP contribution in [-0.4, -0.2) is 54.4 Å². The number of carbonyl (C=O) groups is 2. The van der Waals surface area contributed by atoms with Crippen molar-refractivity contribution < 1.29 is 23.1 Å². The average molecular weight is 325 g/mol. The van der Waals surface area contributed by atoms with E-state index in [9.17, 15) is 23.1 Å². The fraction of sp³-hybridized carbons (Fsp3) is 0.467. The number of hydrogen-bond donors (Lipinski definition) is 1. The summed E-state index contributed by atoms with van der Waals surface area (Å²) in [7, 11) is -3.42. The van der Waals surface area contributed by atoms with Gasteiger partial charge in [0.05, 0.1) is 17.4 Å². The lowest BCUT2D eigenvalue weighted by atomic mass is 9.94. The first-order chi connectivity index (χ1) is 10.4. The third-order valence-corrected chi connectivity index (χ3v) is 5.54. The van der Waals surface area contributed by atoms with Crippen LogP contribution in [0.1, 0.15) is 24.8 Å². The van der Waals surface area contributed by atoms with Gasteiger partial charge in [-0.05, 0) is 12.0 Å². The predicted molar refractivity (Wildman–Crippen MR) is 81.3 cm³/mol. The second kappa shape index (κ2) is 6.48. The Kier molecular flexibility index (Phi) is 4.85. The van der Waals surface area contributed by atoms with Gasteiger partial charge in [0.25, 0.3) is 0 Å². The number of hydrogen-bond acceptors (Lipinski definition) is 4. The number of aliphatic carboxylic acids is 1. The minimum atomic E-state index is -3.42. The van der Waals surface area contributed by atoms with Crippen molar-refractivity contribution in [1.29, 1.82) is 0 Å². The molecule has 1 aromatic carbocycles. The van der Waals surface area contributed by atoms with Gasteiger partial charge in [-0.25, -0.2) is 13.2 Å². The molecule has 2 rings (SSSR count). The topological polar surface area (TPSA) is 91.8 Å². The van der Waals surface area contributed by atoms with Gasteiger partial charge in [-0.1, -0.05) is 37.3 Å². The first kappa shape index (κ1) is 16.5. The molecule has 0 radical (unpaired) electrons. The largest absolute Gasteiger partial charge is 0.480 e. The van der Waals surface area contributed by atoms with Crippen LogP contribution in [0.3, 0.4) is 0 Å². The second-order valence-electron chi connectivity index (χ2n) is 5.37. The first-order valence-electron chi connectivity index (χ1n) is 7.14. The van der Waals surface area contributed by atoms with Crippen LogP contribution in [0, 0.1) is 0 Å². The number of rotatable bonds is 4. The molecule has 2 unspecified atom stereocenters. The van der Waals surface area contributed by atoms with E-state index in [1.54, 1.807) is 0 Å². The summed E-state index contributed by atoms with van der Waals surface area (Å²) >= 11 is 0. The average Bonchev–Trinajstić information content (AvgIpc) is 2.48. The number of carbonyl (C=O) groups excluding carboxylic acids is 1. The van der Waals surface area contributed by atoms with Crippen molar-refractivity contribution in [3.05, 3.63) is 35.9 Å². The van der Waals surface area contributed by atoms with Crippen molar-refractivity contribution >= 4 is 21.7 Å². The Morgan fingerprint density at radius 2 is 1.95 bits per heavy atom. The summed E-state index contributed by atoms with van der Waals surface area (Å²) in [5, 5.41) is 9.26. The zero-order valence-corrected chi connectivity index (χ0v) is 13.1. The molecule has 1 aliphatic rings. The van der Waals surface area contributed by atoms with Gasteiger partial charge in [0.2, 0.25) is 5.91 Å². The van der Waals surface area contributed by atoms with Gasteiger partial charge in [0, 0.05) is 6.54 Å². The van der Waals surface area contributed by atoms with E-state index in [2.05, 4.69) is 0 Å². The maximum absolute atomic E-state index is 12.7. The molecule has 1 aliphatic heterocycles. The molecule has 0 aliphatic carbocycles. The van der Waals surface area contributed by atoms with E-state index in [0.717, 1.165) is 5.56 Å². The van der Waals surface area contributed by atoms with Gasteiger partial charge in [-0.15, -0.1) is 0 Å². The van der Waals surface area contributed by atoms with E-state index in [4.69, 9.17) is 0 Å². The zero-order valence-electron chi connectivity index (χ0n) is 12.3. The highest BCUT2D eigenvalue weighted by Gasteiger charge is 2.40. The molecule has 7 heteroatoms. The number of nitrogens with zero attached hydrogens (tertiary/aromatic N) is 1. The fourth-order valence-corrected chi connectivity index (χ4v) is 4.16. The lowest BCUT2D eigenvalue weighted by molar-refractivity contribution is -0.150. The Morgan fingerprint density at radius 3 is 2.50 bits per heavy atom. The van der Waals surface area contributed by atoms with Gasteiger partial charge < -0.3 is 10.0 Å². The minimum Gasteiger partial charge on any atom is -0.480 e. The molecule has 1 N–H and O–H groups in total. The molecule has 120 valence electrons. The Labute approximate surface area is 129 Å². The summed E-state index contributed by atoms with van der Waals surface area (Å²) < 4.78 is 23.3. The van der Waals surface area contributed by atoms with E-state index >= 15 is 0 Å². The smallest absolute Gasteiger partial charge is 0.327 e. The van der Waals surface area contributed by atoms with Crippen LogP contribution in [-0.2, 0) is 19.4 Å². The third-order valence-electron chi connectivity index (χ3n) is 3.91. The highest BCUT2D eigenvalue weighted by Crippen LogP contribution is 2.25. The molecule has 1 fully saturated rings. The SMILES string of the molecule is CCC(C(=O)N1CCS(=O)(=O)CC1C(=O)O)c1ccccc1. The van der Waals surface area contributed by atoms with E-state index < -0.39 is 33.5 Å². The summed E-state index contributed by atoms with van der Waals surface area (Å²) in [6, 6.07) is 7.82. The quantitative estimate of drug-likeness (QED) is 0.887. The second-order valence-corrected chi connectivity index (χ2v) is 7.60. The summed E-state index contributed by atoms with van der Waals surface area (Å²) in [4.78, 5) is 25.3. The summed E-state index contributed by atoms with van der Waals surface area (Å²) in [5.74, 6) is -2.76. The van der Waals surface area contributed by atoms with Crippen LogP contribution in [0.4, 0.5) is 0 Å². The Bertz CT molecular complexity index is 656. The van der Waals surface area contributed by atoms with Crippen molar-refractivity contribution in [2.45, 2.75) is 25.3 Å². The van der Waals surface area contributed by atoms with Crippen LogP contribution in [0.15, 0.2) is 30.3 Å². The summed E-state index contributed by atoms with van der Waals surface area (Å²) in [6.07, 6.45) is 0.526. The molecule has 1 aromatic rings. The molecule has 1 saturated heterocycles. The lowest BCUT2D eigenvalue weighted by Crippen LogP contribution is -2.55. The van der Waals surface area contributed by atoms with Crippen molar-refractivity contribution in [2.75, 3.05) is 18.1 Å². The minimum absolute atomic E-state index is 0.0680. The standard InChI is InChI=1S/C15H19NO5S/c1-2-12(11-6-4-3-5-7-11)14(17)16-8-9-22(20,21)10-13(16)15(18)19/h3-7,12-13H,2,8-10H2,1H3,(H,18,19). The highest BCUT2D eigenvalue weighted by atomic mass is 32.2. The molecule has 0 aromatic heterocycles.